The summed E-state index contributed by atoms with van der Waals surface area (Å²) in [6, 6.07) is 10.4. The van der Waals surface area contributed by atoms with Crippen LogP contribution in [0, 0.1) is 0 Å². The van der Waals surface area contributed by atoms with Crippen molar-refractivity contribution in [3.63, 3.8) is 0 Å². The number of likely N-dealkylation sites (tertiary alicyclic amines) is 1. The lowest BCUT2D eigenvalue weighted by Crippen LogP contribution is -2.35. The summed E-state index contributed by atoms with van der Waals surface area (Å²) in [6.45, 7) is 2.94. The number of likely N-dealkylation sites (N-methyl/N-ethyl adjacent to an activating group) is 1. The first kappa shape index (κ1) is 23.1. The number of nitrogens with zero attached hydrogens (tertiary/aromatic N) is 2. The number of carbonyl (C=O) groups is 2. The second-order valence-corrected chi connectivity index (χ2v) is 7.68. The topological polar surface area (TPSA) is 99.5 Å². The Balaban J connectivity index is 2.15. The molecule has 2 aromatic rings. The van der Waals surface area contributed by atoms with Crippen molar-refractivity contribution < 1.29 is 29.3 Å². The molecule has 0 aliphatic carbocycles. The minimum Gasteiger partial charge on any atom is -0.507 e. The van der Waals surface area contributed by atoms with Crippen LogP contribution in [0.4, 0.5) is 0 Å². The highest BCUT2D eigenvalue weighted by molar-refractivity contribution is 6.46. The monoisotopic (exact) mass is 440 g/mol. The number of ether oxygens (including phenoxy) is 2. The summed E-state index contributed by atoms with van der Waals surface area (Å²) >= 11 is 0. The van der Waals surface area contributed by atoms with Crippen molar-refractivity contribution in [1.29, 1.82) is 0 Å². The van der Waals surface area contributed by atoms with Gasteiger partial charge in [-0.2, -0.15) is 0 Å². The first-order valence-electron chi connectivity index (χ1n) is 10.3. The van der Waals surface area contributed by atoms with Crippen LogP contribution in [0.25, 0.3) is 5.76 Å². The van der Waals surface area contributed by atoms with Crippen molar-refractivity contribution in [1.82, 2.24) is 9.80 Å². The molecule has 0 radical (unpaired) electrons. The molecule has 1 aliphatic heterocycles. The normalized spacial score (nSPS) is 17.8. The third-order valence-corrected chi connectivity index (χ3v) is 5.29. The van der Waals surface area contributed by atoms with Crippen molar-refractivity contribution >= 4 is 17.4 Å². The van der Waals surface area contributed by atoms with Crippen LogP contribution in [0.3, 0.4) is 0 Å². The number of hydrogen-bond acceptors (Lipinski definition) is 7. The molecule has 170 valence electrons. The van der Waals surface area contributed by atoms with Gasteiger partial charge in [0.15, 0.2) is 11.5 Å². The molecule has 32 heavy (non-hydrogen) atoms. The summed E-state index contributed by atoms with van der Waals surface area (Å²) in [5.74, 6) is -0.909. The molecule has 1 aliphatic rings. The lowest BCUT2D eigenvalue weighted by Gasteiger charge is -2.27. The number of Topliss-reactive ketones (excluding diaryl/α,β-unsaturated/α-hetero) is 1. The SMILES string of the molecule is CCOc1cc(C2/C(=C(/O)c3ccc(OC)cc3)C(=O)C(=O)N2CCN(C)C)ccc1O. The van der Waals surface area contributed by atoms with E-state index in [0.29, 0.717) is 30.0 Å². The molecule has 2 aromatic carbocycles. The molecule has 0 aromatic heterocycles. The Labute approximate surface area is 187 Å². The van der Waals surface area contributed by atoms with Gasteiger partial charge in [-0.05, 0) is 63.0 Å². The second kappa shape index (κ2) is 9.74. The Kier molecular flexibility index (Phi) is 7.05. The zero-order chi connectivity index (χ0) is 23.4. The molecule has 2 N–H and O–H groups in total. The maximum atomic E-state index is 13.0. The maximum Gasteiger partial charge on any atom is 0.295 e. The van der Waals surface area contributed by atoms with E-state index >= 15 is 0 Å². The zero-order valence-electron chi connectivity index (χ0n) is 18.7. The Hall–Kier alpha value is -3.52. The van der Waals surface area contributed by atoms with Crippen molar-refractivity contribution in [2.45, 2.75) is 13.0 Å². The summed E-state index contributed by atoms with van der Waals surface area (Å²) in [5.41, 5.74) is 0.941. The number of benzene rings is 2. The number of aliphatic hydroxyl groups excluding tert-OH is 1. The van der Waals surface area contributed by atoms with Gasteiger partial charge in [0.1, 0.15) is 11.5 Å². The fraction of sp³-hybridized carbons (Fsp3) is 0.333. The highest BCUT2D eigenvalue weighted by atomic mass is 16.5. The average molecular weight is 440 g/mol. The Morgan fingerprint density at radius 1 is 1.12 bits per heavy atom. The maximum absolute atomic E-state index is 13.0. The van der Waals surface area contributed by atoms with Crippen molar-refractivity contribution in [2.75, 3.05) is 40.9 Å². The summed E-state index contributed by atoms with van der Waals surface area (Å²) in [5, 5.41) is 21.2. The minimum atomic E-state index is -0.822. The van der Waals surface area contributed by atoms with E-state index in [0.717, 1.165) is 0 Å². The Bertz CT molecular complexity index is 1030. The number of amides is 1. The number of aromatic hydroxyl groups is 1. The van der Waals surface area contributed by atoms with Crippen LogP contribution in [-0.4, -0.2) is 72.6 Å². The van der Waals surface area contributed by atoms with E-state index in [-0.39, 0.29) is 29.4 Å². The molecular formula is C24H28N2O6. The quantitative estimate of drug-likeness (QED) is 0.370. The third kappa shape index (κ3) is 4.55. The van der Waals surface area contributed by atoms with E-state index < -0.39 is 17.7 Å². The van der Waals surface area contributed by atoms with E-state index in [4.69, 9.17) is 9.47 Å². The van der Waals surface area contributed by atoms with E-state index in [2.05, 4.69) is 0 Å². The van der Waals surface area contributed by atoms with E-state index in [1.54, 1.807) is 43.3 Å². The van der Waals surface area contributed by atoms with Crippen molar-refractivity contribution in [3.05, 3.63) is 59.2 Å². The number of phenols is 1. The van der Waals surface area contributed by atoms with Gasteiger partial charge in [-0.15, -0.1) is 0 Å². The lowest BCUT2D eigenvalue weighted by molar-refractivity contribution is -0.140. The first-order chi connectivity index (χ1) is 15.3. The van der Waals surface area contributed by atoms with Gasteiger partial charge >= 0.3 is 0 Å². The predicted octanol–water partition coefficient (Wildman–Crippen LogP) is 2.78. The van der Waals surface area contributed by atoms with E-state index in [1.807, 2.05) is 19.0 Å². The fourth-order valence-corrected chi connectivity index (χ4v) is 3.64. The van der Waals surface area contributed by atoms with Crippen molar-refractivity contribution in [2.24, 2.45) is 0 Å². The van der Waals surface area contributed by atoms with E-state index in [1.165, 1.54) is 18.1 Å². The standard InChI is InChI=1S/C24H28N2O6/c1-5-32-19-14-16(8-11-18(19)27)21-20(22(28)15-6-9-17(31-4)10-7-15)23(29)24(30)26(21)13-12-25(2)3/h6-11,14,21,27-28H,5,12-13H2,1-4H3/b22-20-. The molecule has 1 unspecified atom stereocenters. The van der Waals surface area contributed by atoms with Gasteiger partial charge < -0.3 is 29.5 Å². The largest absolute Gasteiger partial charge is 0.507 e. The Morgan fingerprint density at radius 3 is 2.41 bits per heavy atom. The summed E-state index contributed by atoms with van der Waals surface area (Å²) in [7, 11) is 5.28. The van der Waals surface area contributed by atoms with Crippen LogP contribution in [0.2, 0.25) is 0 Å². The number of rotatable bonds is 8. The number of ketones is 1. The molecule has 0 saturated carbocycles. The van der Waals surface area contributed by atoms with Crippen LogP contribution < -0.4 is 9.47 Å². The summed E-state index contributed by atoms with van der Waals surface area (Å²) in [4.78, 5) is 29.3. The molecule has 1 heterocycles. The zero-order valence-corrected chi connectivity index (χ0v) is 18.7. The second-order valence-electron chi connectivity index (χ2n) is 7.68. The smallest absolute Gasteiger partial charge is 0.295 e. The summed E-state index contributed by atoms with van der Waals surface area (Å²) in [6.07, 6.45) is 0. The molecule has 3 rings (SSSR count). The molecule has 1 atom stereocenters. The minimum absolute atomic E-state index is 0.00735. The van der Waals surface area contributed by atoms with Crippen LogP contribution in [0.5, 0.6) is 17.2 Å². The predicted molar refractivity (Wildman–Crippen MR) is 120 cm³/mol. The molecule has 1 fully saturated rings. The lowest BCUT2D eigenvalue weighted by atomic mass is 9.95. The molecule has 0 spiro atoms. The van der Waals surface area contributed by atoms with Gasteiger partial charge in [-0.25, -0.2) is 0 Å². The molecule has 8 nitrogen and oxygen atoms in total. The van der Waals surface area contributed by atoms with Crippen LogP contribution >= 0.6 is 0 Å². The number of hydrogen-bond donors (Lipinski definition) is 2. The van der Waals surface area contributed by atoms with Crippen LogP contribution in [0.15, 0.2) is 48.0 Å². The van der Waals surface area contributed by atoms with E-state index in [9.17, 15) is 19.8 Å². The van der Waals surface area contributed by atoms with Crippen LogP contribution in [0.1, 0.15) is 24.1 Å². The molecule has 0 bridgehead atoms. The first-order valence-corrected chi connectivity index (χ1v) is 10.3. The fourth-order valence-electron chi connectivity index (χ4n) is 3.64. The number of phenolic OH excluding ortho intramolecular Hbond substituents is 1. The molecule has 1 saturated heterocycles. The average Bonchev–Trinajstić information content (AvgIpc) is 3.03. The highest BCUT2D eigenvalue weighted by Crippen LogP contribution is 2.41. The number of methoxy groups -OCH3 is 1. The van der Waals surface area contributed by atoms with Gasteiger partial charge in [0.05, 0.1) is 25.3 Å². The molecular weight excluding hydrogens is 412 g/mol. The van der Waals surface area contributed by atoms with Gasteiger partial charge in [-0.3, -0.25) is 9.59 Å². The van der Waals surface area contributed by atoms with Crippen LogP contribution in [-0.2, 0) is 9.59 Å². The van der Waals surface area contributed by atoms with Gasteiger partial charge in [0, 0.05) is 18.7 Å². The van der Waals surface area contributed by atoms with Gasteiger partial charge in [-0.1, -0.05) is 6.07 Å². The number of carbonyl (C=O) groups excluding carboxylic acids is 2. The Morgan fingerprint density at radius 2 is 1.81 bits per heavy atom. The third-order valence-electron chi connectivity index (χ3n) is 5.29. The van der Waals surface area contributed by atoms with Gasteiger partial charge in [0.25, 0.3) is 11.7 Å². The van der Waals surface area contributed by atoms with Crippen molar-refractivity contribution in [3.8, 4) is 17.2 Å². The highest BCUT2D eigenvalue weighted by Gasteiger charge is 2.46. The van der Waals surface area contributed by atoms with Gasteiger partial charge in [0.2, 0.25) is 0 Å². The molecule has 1 amide bonds. The number of aliphatic hydroxyl groups is 1. The summed E-state index contributed by atoms with van der Waals surface area (Å²) < 4.78 is 10.6. The molecule has 8 heteroatoms.